The monoisotopic (exact) mass is 246 g/mol. The fourth-order valence-corrected chi connectivity index (χ4v) is 1.62. The van der Waals surface area contributed by atoms with E-state index in [1.54, 1.807) is 0 Å². The lowest BCUT2D eigenvalue weighted by Gasteiger charge is -2.22. The van der Waals surface area contributed by atoms with E-state index in [-0.39, 0.29) is 24.7 Å². The molecule has 0 amide bonds. The first-order chi connectivity index (χ1) is 5.88. The van der Waals surface area contributed by atoms with E-state index in [2.05, 4.69) is 0 Å². The van der Waals surface area contributed by atoms with Crippen molar-refractivity contribution in [2.75, 3.05) is 6.61 Å². The number of Topliss-reactive ketones (excluding diaryl/α,β-unsaturated/α-hetero) is 1. The van der Waals surface area contributed by atoms with Gasteiger partial charge in [-0.1, -0.05) is 34.8 Å². The normalized spacial score (nSPS) is 14.2. The van der Waals surface area contributed by atoms with Gasteiger partial charge in [0.1, 0.15) is 5.78 Å². The van der Waals surface area contributed by atoms with Crippen molar-refractivity contribution in [2.24, 2.45) is 5.92 Å². The molecule has 1 atom stereocenters. The average molecular weight is 248 g/mol. The zero-order valence-corrected chi connectivity index (χ0v) is 9.66. The molecule has 0 spiro atoms. The number of aliphatic hydroxyl groups excluding tert-OH is 1. The molecule has 1 N–H and O–H groups in total. The molecule has 2 nitrogen and oxygen atoms in total. The van der Waals surface area contributed by atoms with Crippen molar-refractivity contribution >= 4 is 40.6 Å². The molecule has 0 heterocycles. The van der Waals surface area contributed by atoms with Crippen molar-refractivity contribution in [3.05, 3.63) is 0 Å². The van der Waals surface area contributed by atoms with Gasteiger partial charge in [-0.3, -0.25) is 0 Å². The van der Waals surface area contributed by atoms with Crippen LogP contribution in [0.1, 0.15) is 26.2 Å². The first kappa shape index (κ1) is 13.5. The van der Waals surface area contributed by atoms with Crippen LogP contribution in [0.15, 0.2) is 0 Å². The van der Waals surface area contributed by atoms with Crippen LogP contribution in [0, 0.1) is 5.92 Å². The Labute approximate surface area is 93.2 Å². The summed E-state index contributed by atoms with van der Waals surface area (Å²) >= 11 is 17.0. The average Bonchev–Trinajstić information content (AvgIpc) is 1.95. The van der Waals surface area contributed by atoms with Crippen molar-refractivity contribution in [1.82, 2.24) is 0 Å². The van der Waals surface area contributed by atoms with Gasteiger partial charge in [-0.2, -0.15) is 0 Å². The van der Waals surface area contributed by atoms with Crippen molar-refractivity contribution in [3.63, 3.8) is 0 Å². The molecule has 0 bridgehead atoms. The maximum absolute atomic E-state index is 10.8. The number of carbonyl (C=O) groups excluding carboxylic acids is 1. The molecule has 13 heavy (non-hydrogen) atoms. The highest BCUT2D eigenvalue weighted by Crippen LogP contribution is 2.39. The largest absolute Gasteiger partial charge is 0.396 e. The van der Waals surface area contributed by atoms with Crippen LogP contribution in [-0.2, 0) is 4.79 Å². The summed E-state index contributed by atoms with van der Waals surface area (Å²) in [6.45, 7) is 1.51. The van der Waals surface area contributed by atoms with Gasteiger partial charge in [-0.15, -0.1) is 0 Å². The molecule has 0 aliphatic rings. The lowest BCUT2D eigenvalue weighted by molar-refractivity contribution is -0.117. The van der Waals surface area contributed by atoms with Crippen LogP contribution in [0.2, 0.25) is 0 Å². The fraction of sp³-hybridized carbons (Fsp3) is 0.875. The lowest BCUT2D eigenvalue weighted by atomic mass is 9.99. The second kappa shape index (κ2) is 6.07. The Balaban J connectivity index is 4.11. The molecular weight excluding hydrogens is 234 g/mol. The predicted molar refractivity (Wildman–Crippen MR) is 55.4 cm³/mol. The van der Waals surface area contributed by atoms with Crippen LogP contribution in [0.4, 0.5) is 0 Å². The smallest absolute Gasteiger partial charge is 0.193 e. The molecule has 0 saturated carbocycles. The Bertz CT molecular complexity index is 165. The lowest BCUT2D eigenvalue weighted by Crippen LogP contribution is -2.22. The Kier molecular flexibility index (Phi) is 6.31. The third-order valence-electron chi connectivity index (χ3n) is 1.71. The zero-order valence-electron chi connectivity index (χ0n) is 7.40. The van der Waals surface area contributed by atoms with Crippen LogP contribution in [0.25, 0.3) is 0 Å². The zero-order chi connectivity index (χ0) is 10.5. The molecule has 0 aliphatic heterocycles. The van der Waals surface area contributed by atoms with Gasteiger partial charge >= 0.3 is 0 Å². The maximum atomic E-state index is 10.8. The Morgan fingerprint density at radius 2 is 2.00 bits per heavy atom. The highest BCUT2D eigenvalue weighted by Gasteiger charge is 2.32. The number of aliphatic hydroxyl groups is 1. The predicted octanol–water partition coefficient (Wildman–Crippen LogP) is 2.72. The summed E-state index contributed by atoms with van der Waals surface area (Å²) in [4.78, 5) is 10.8. The van der Waals surface area contributed by atoms with E-state index < -0.39 is 3.79 Å². The van der Waals surface area contributed by atoms with Gasteiger partial charge in [0.2, 0.25) is 0 Å². The molecule has 5 heteroatoms. The third-order valence-corrected chi connectivity index (χ3v) is 2.63. The third kappa shape index (κ3) is 6.55. The van der Waals surface area contributed by atoms with Crippen molar-refractivity contribution < 1.29 is 9.90 Å². The van der Waals surface area contributed by atoms with Crippen LogP contribution in [-0.4, -0.2) is 21.3 Å². The Hall–Kier alpha value is 0.500. The summed E-state index contributed by atoms with van der Waals surface area (Å²) in [6, 6.07) is 0. The van der Waals surface area contributed by atoms with Crippen LogP contribution >= 0.6 is 34.8 Å². The van der Waals surface area contributed by atoms with E-state index in [4.69, 9.17) is 39.9 Å². The van der Waals surface area contributed by atoms with E-state index in [0.717, 1.165) is 0 Å². The molecule has 0 fully saturated rings. The van der Waals surface area contributed by atoms with Gasteiger partial charge in [-0.25, -0.2) is 0 Å². The van der Waals surface area contributed by atoms with Gasteiger partial charge in [-0.05, 0) is 19.8 Å². The molecule has 0 aliphatic carbocycles. The van der Waals surface area contributed by atoms with Gasteiger partial charge in [0.15, 0.2) is 3.79 Å². The molecule has 0 aromatic heterocycles. The number of hydrogen-bond donors (Lipinski definition) is 1. The minimum absolute atomic E-state index is 0.00531. The summed E-state index contributed by atoms with van der Waals surface area (Å²) in [5, 5.41) is 8.60. The van der Waals surface area contributed by atoms with Gasteiger partial charge in [0.05, 0.1) is 0 Å². The molecule has 78 valence electrons. The minimum atomic E-state index is -1.42. The topological polar surface area (TPSA) is 37.3 Å². The first-order valence-electron chi connectivity index (χ1n) is 4.05. The van der Waals surface area contributed by atoms with Crippen LogP contribution in [0.3, 0.4) is 0 Å². The standard InChI is InChI=1S/C8H13Cl3O2/c1-6(13)5-7(3-2-4-12)8(9,10)11/h7,12H,2-5H2,1H3. The van der Waals surface area contributed by atoms with Crippen molar-refractivity contribution in [3.8, 4) is 0 Å². The van der Waals surface area contributed by atoms with Gasteiger partial charge in [0, 0.05) is 18.9 Å². The van der Waals surface area contributed by atoms with Gasteiger partial charge < -0.3 is 9.90 Å². The molecule has 0 aromatic rings. The van der Waals surface area contributed by atoms with E-state index in [9.17, 15) is 4.79 Å². The molecule has 0 aromatic carbocycles. The van der Waals surface area contributed by atoms with Crippen LogP contribution < -0.4 is 0 Å². The Morgan fingerprint density at radius 1 is 1.46 bits per heavy atom. The molecule has 0 saturated heterocycles. The number of carbonyl (C=O) groups is 1. The highest BCUT2D eigenvalue weighted by molar-refractivity contribution is 6.67. The second-order valence-electron chi connectivity index (χ2n) is 3.01. The number of hydrogen-bond acceptors (Lipinski definition) is 2. The fourth-order valence-electron chi connectivity index (χ4n) is 1.07. The summed E-state index contributed by atoms with van der Waals surface area (Å²) in [6.07, 6.45) is 1.34. The molecule has 0 radical (unpaired) electrons. The summed E-state index contributed by atoms with van der Waals surface area (Å²) in [5.74, 6) is -0.309. The summed E-state index contributed by atoms with van der Waals surface area (Å²) < 4.78 is -1.42. The van der Waals surface area contributed by atoms with Gasteiger partial charge in [0.25, 0.3) is 0 Å². The number of rotatable bonds is 5. The first-order valence-corrected chi connectivity index (χ1v) is 5.18. The van der Waals surface area contributed by atoms with E-state index in [0.29, 0.717) is 12.8 Å². The summed E-state index contributed by atoms with van der Waals surface area (Å²) in [7, 11) is 0. The number of alkyl halides is 3. The SMILES string of the molecule is CC(=O)CC(CCCO)C(Cl)(Cl)Cl. The quantitative estimate of drug-likeness (QED) is 0.759. The highest BCUT2D eigenvalue weighted by atomic mass is 35.6. The van der Waals surface area contributed by atoms with Crippen LogP contribution in [0.5, 0.6) is 0 Å². The van der Waals surface area contributed by atoms with Crippen molar-refractivity contribution in [1.29, 1.82) is 0 Å². The van der Waals surface area contributed by atoms with E-state index in [1.165, 1.54) is 6.92 Å². The molecule has 1 unspecified atom stereocenters. The molecular formula is C8H13Cl3O2. The summed E-state index contributed by atoms with van der Waals surface area (Å²) in [5.41, 5.74) is 0. The van der Waals surface area contributed by atoms with E-state index in [1.807, 2.05) is 0 Å². The maximum Gasteiger partial charge on any atom is 0.193 e. The second-order valence-corrected chi connectivity index (χ2v) is 5.38. The van der Waals surface area contributed by atoms with E-state index >= 15 is 0 Å². The van der Waals surface area contributed by atoms with Crippen molar-refractivity contribution in [2.45, 2.75) is 30.0 Å². The molecule has 0 rings (SSSR count). The number of halogens is 3. The number of ketones is 1. The minimum Gasteiger partial charge on any atom is -0.396 e. The Morgan fingerprint density at radius 3 is 2.31 bits per heavy atom.